The minimum absolute atomic E-state index is 0.0910. The van der Waals surface area contributed by atoms with E-state index in [1.54, 1.807) is 20.8 Å². The molecule has 0 aromatic carbocycles. The van der Waals surface area contributed by atoms with Gasteiger partial charge in [0.25, 0.3) is 0 Å². The summed E-state index contributed by atoms with van der Waals surface area (Å²) in [5.41, 5.74) is -0.605. The second-order valence-corrected chi connectivity index (χ2v) is 4.58. The van der Waals surface area contributed by atoms with Crippen LogP contribution < -0.4 is 5.32 Å². The van der Waals surface area contributed by atoms with Gasteiger partial charge in [-0.15, -0.1) is 0 Å². The lowest BCUT2D eigenvalue weighted by Gasteiger charge is -2.20. The number of aliphatic hydroxyl groups excluding tert-OH is 1. The van der Waals surface area contributed by atoms with E-state index in [0.717, 1.165) is 0 Å². The average Bonchev–Trinajstić information content (AvgIpc) is 2.12. The fraction of sp³-hybridized carbons (Fsp3) is 0.800. The van der Waals surface area contributed by atoms with Crippen molar-refractivity contribution in [1.82, 2.24) is 5.32 Å². The van der Waals surface area contributed by atoms with E-state index < -0.39 is 23.8 Å². The van der Waals surface area contributed by atoms with E-state index in [4.69, 9.17) is 16.3 Å². The number of rotatable bonds is 5. The number of amides is 1. The van der Waals surface area contributed by atoms with Gasteiger partial charge in [0.15, 0.2) is 6.07 Å². The molecule has 6 nitrogen and oxygen atoms in total. The van der Waals surface area contributed by atoms with Gasteiger partial charge in [0.2, 0.25) is 0 Å². The van der Waals surface area contributed by atoms with E-state index in [2.05, 4.69) is 10.1 Å². The van der Waals surface area contributed by atoms with Crippen molar-refractivity contribution in [1.29, 1.82) is 0 Å². The summed E-state index contributed by atoms with van der Waals surface area (Å²) in [6, 6.07) is -0.259. The summed E-state index contributed by atoms with van der Waals surface area (Å²) in [6.07, 6.45) is -1.91. The molecule has 0 heterocycles. The highest BCUT2D eigenvalue weighted by Gasteiger charge is 2.18. The molecule has 0 aliphatic heterocycles. The first-order valence-electron chi connectivity index (χ1n) is 5.11. The number of aliphatic hydroxyl groups is 1. The predicted octanol–water partition coefficient (Wildman–Crippen LogP) is 1.00. The molecular formula is C10H18ClNO5. The SMILES string of the molecule is CC(C)(C)OC(=O)NCC(O)CC(=O)OCCl. The molecule has 0 radical (unpaired) electrons. The highest BCUT2D eigenvalue weighted by atomic mass is 35.5. The first-order chi connectivity index (χ1) is 7.74. The smallest absolute Gasteiger partial charge is 0.407 e. The lowest BCUT2D eigenvalue weighted by Crippen LogP contribution is -2.37. The largest absolute Gasteiger partial charge is 0.449 e. The van der Waals surface area contributed by atoms with E-state index in [9.17, 15) is 14.7 Å². The lowest BCUT2D eigenvalue weighted by molar-refractivity contribution is -0.143. The van der Waals surface area contributed by atoms with Gasteiger partial charge in [-0.25, -0.2) is 4.79 Å². The van der Waals surface area contributed by atoms with Gasteiger partial charge in [0.1, 0.15) is 5.60 Å². The zero-order chi connectivity index (χ0) is 13.5. The molecule has 0 fully saturated rings. The first kappa shape index (κ1) is 16.0. The number of hydrogen-bond donors (Lipinski definition) is 2. The Labute approximate surface area is 105 Å². The van der Waals surface area contributed by atoms with Crippen LogP contribution in [0.3, 0.4) is 0 Å². The van der Waals surface area contributed by atoms with Gasteiger partial charge in [-0.3, -0.25) is 4.79 Å². The maximum atomic E-state index is 11.2. The molecule has 1 atom stereocenters. The van der Waals surface area contributed by atoms with Crippen molar-refractivity contribution in [2.24, 2.45) is 0 Å². The summed E-state index contributed by atoms with van der Waals surface area (Å²) in [5, 5.41) is 11.7. The molecule has 0 aromatic heterocycles. The van der Waals surface area contributed by atoms with Gasteiger partial charge in [-0.05, 0) is 20.8 Å². The second-order valence-electron chi connectivity index (χ2n) is 4.37. The third-order valence-corrected chi connectivity index (χ3v) is 1.61. The molecule has 0 saturated carbocycles. The molecule has 1 amide bonds. The molecule has 0 spiro atoms. The molecule has 7 heteroatoms. The summed E-state index contributed by atoms with van der Waals surface area (Å²) < 4.78 is 9.36. The Bertz CT molecular complexity index is 264. The Hall–Kier alpha value is -1.01. The minimum Gasteiger partial charge on any atom is -0.449 e. The van der Waals surface area contributed by atoms with Crippen LogP contribution in [0.15, 0.2) is 0 Å². The van der Waals surface area contributed by atoms with Gasteiger partial charge < -0.3 is 19.9 Å². The standard InChI is InChI=1S/C10H18ClNO5/c1-10(2,3)17-9(15)12-5-7(13)4-8(14)16-6-11/h7,13H,4-6H2,1-3H3,(H,12,15). The summed E-state index contributed by atoms with van der Waals surface area (Å²) in [6.45, 7) is 5.08. The van der Waals surface area contributed by atoms with E-state index in [1.807, 2.05) is 0 Å². The van der Waals surface area contributed by atoms with Crippen LogP contribution in [0.5, 0.6) is 0 Å². The van der Waals surface area contributed by atoms with Crippen LogP contribution >= 0.6 is 11.6 Å². The summed E-state index contributed by atoms with van der Waals surface area (Å²) in [7, 11) is 0. The molecule has 0 aliphatic carbocycles. The second kappa shape index (κ2) is 7.34. The zero-order valence-corrected chi connectivity index (χ0v) is 10.9. The van der Waals surface area contributed by atoms with Crippen LogP contribution in [0.4, 0.5) is 4.79 Å². The van der Waals surface area contributed by atoms with E-state index in [1.165, 1.54) is 0 Å². The fourth-order valence-electron chi connectivity index (χ4n) is 0.900. The Morgan fingerprint density at radius 3 is 2.47 bits per heavy atom. The van der Waals surface area contributed by atoms with Crippen molar-refractivity contribution in [3.63, 3.8) is 0 Å². The maximum absolute atomic E-state index is 11.2. The van der Waals surface area contributed by atoms with E-state index >= 15 is 0 Å². The predicted molar refractivity (Wildman–Crippen MR) is 61.7 cm³/mol. The highest BCUT2D eigenvalue weighted by molar-refractivity contribution is 6.17. The number of ether oxygens (including phenoxy) is 2. The molecule has 0 aliphatic rings. The summed E-state index contributed by atoms with van der Waals surface area (Å²) in [4.78, 5) is 22.1. The summed E-state index contributed by atoms with van der Waals surface area (Å²) in [5.74, 6) is -0.626. The number of carbonyl (C=O) groups excluding carboxylic acids is 2. The van der Waals surface area contributed by atoms with Crippen LogP contribution in [0.25, 0.3) is 0 Å². The quantitative estimate of drug-likeness (QED) is 0.573. The Balaban J connectivity index is 3.80. The number of alkyl carbamates (subject to hydrolysis) is 1. The van der Waals surface area contributed by atoms with Gasteiger partial charge in [0, 0.05) is 6.54 Å². The van der Waals surface area contributed by atoms with Crippen molar-refractivity contribution in [3.8, 4) is 0 Å². The number of esters is 1. The van der Waals surface area contributed by atoms with Crippen molar-refractivity contribution >= 4 is 23.7 Å². The molecule has 0 aromatic rings. The number of hydrogen-bond acceptors (Lipinski definition) is 5. The van der Waals surface area contributed by atoms with Gasteiger partial charge in [-0.1, -0.05) is 11.6 Å². The van der Waals surface area contributed by atoms with Gasteiger partial charge in [0.05, 0.1) is 12.5 Å². The van der Waals surface area contributed by atoms with Crippen LogP contribution in [-0.2, 0) is 14.3 Å². The molecule has 2 N–H and O–H groups in total. The van der Waals surface area contributed by atoms with Crippen molar-refractivity contribution < 1.29 is 24.2 Å². The van der Waals surface area contributed by atoms with Crippen molar-refractivity contribution in [2.45, 2.75) is 38.9 Å². The Morgan fingerprint density at radius 1 is 1.41 bits per heavy atom. The molecule has 1 unspecified atom stereocenters. The first-order valence-corrected chi connectivity index (χ1v) is 5.64. The monoisotopic (exact) mass is 267 g/mol. The number of carbonyl (C=O) groups is 2. The average molecular weight is 268 g/mol. The number of alkyl halides is 1. The Kier molecular flexibility index (Phi) is 6.91. The molecule has 0 saturated heterocycles. The Morgan fingerprint density at radius 2 is 2.00 bits per heavy atom. The van der Waals surface area contributed by atoms with Crippen molar-refractivity contribution in [2.75, 3.05) is 12.6 Å². The van der Waals surface area contributed by atoms with Crippen LogP contribution in [0.2, 0.25) is 0 Å². The molecule has 0 rings (SSSR count). The molecule has 0 bridgehead atoms. The van der Waals surface area contributed by atoms with Crippen LogP contribution in [0, 0.1) is 0 Å². The zero-order valence-electron chi connectivity index (χ0n) is 10.2. The lowest BCUT2D eigenvalue weighted by atomic mass is 10.2. The normalized spacial score (nSPS) is 12.8. The fourth-order valence-corrected chi connectivity index (χ4v) is 1.02. The van der Waals surface area contributed by atoms with Gasteiger partial charge in [-0.2, -0.15) is 0 Å². The maximum Gasteiger partial charge on any atom is 0.407 e. The number of halogens is 1. The topological polar surface area (TPSA) is 84.9 Å². The minimum atomic E-state index is -1.03. The molecular weight excluding hydrogens is 250 g/mol. The third-order valence-electron chi connectivity index (χ3n) is 1.50. The van der Waals surface area contributed by atoms with Crippen LogP contribution in [0.1, 0.15) is 27.2 Å². The van der Waals surface area contributed by atoms with Crippen molar-refractivity contribution in [3.05, 3.63) is 0 Å². The number of nitrogens with one attached hydrogen (secondary N) is 1. The highest BCUT2D eigenvalue weighted by Crippen LogP contribution is 2.06. The third kappa shape index (κ3) is 9.89. The van der Waals surface area contributed by atoms with Gasteiger partial charge >= 0.3 is 12.1 Å². The van der Waals surface area contributed by atoms with E-state index in [0.29, 0.717) is 0 Å². The summed E-state index contributed by atoms with van der Waals surface area (Å²) >= 11 is 5.17. The van der Waals surface area contributed by atoms with E-state index in [-0.39, 0.29) is 19.0 Å². The molecule has 17 heavy (non-hydrogen) atoms. The molecule has 100 valence electrons. The van der Waals surface area contributed by atoms with Crippen LogP contribution in [-0.4, -0.2) is 41.5 Å².